The van der Waals surface area contributed by atoms with Crippen molar-refractivity contribution in [3.63, 3.8) is 0 Å². The van der Waals surface area contributed by atoms with E-state index in [0.29, 0.717) is 6.61 Å². The lowest BCUT2D eigenvalue weighted by Gasteiger charge is -2.14. The number of hydrogen-bond acceptors (Lipinski definition) is 5. The second-order valence-corrected chi connectivity index (χ2v) is 10.5. The minimum Gasteiger partial charge on any atom is -0.371 e. The van der Waals surface area contributed by atoms with Gasteiger partial charge in [0.15, 0.2) is 0 Å². The Kier molecular flexibility index (Phi) is 5.19. The summed E-state index contributed by atoms with van der Waals surface area (Å²) in [7, 11) is 0. The van der Waals surface area contributed by atoms with Crippen molar-refractivity contribution in [1.82, 2.24) is 0 Å². The lowest BCUT2D eigenvalue weighted by molar-refractivity contribution is 0.276. The average molecular weight is 242 g/mol. The average Bonchev–Trinajstić information content (AvgIpc) is 2.85. The fourth-order valence-corrected chi connectivity index (χ4v) is 7.47. The molecule has 1 saturated heterocycles. The van der Waals surface area contributed by atoms with Gasteiger partial charge in [0.1, 0.15) is 6.10 Å². The third-order valence-electron chi connectivity index (χ3n) is 1.40. The summed E-state index contributed by atoms with van der Waals surface area (Å²) >= 11 is 2.83. The lowest BCUT2D eigenvalue weighted by atomic mass is 10.5. The van der Waals surface area contributed by atoms with E-state index in [0.717, 1.165) is 18.1 Å². The monoisotopic (exact) mass is 242 g/mol. The second kappa shape index (κ2) is 5.66. The van der Waals surface area contributed by atoms with Crippen LogP contribution < -0.4 is 0 Å². The number of epoxide rings is 1. The zero-order chi connectivity index (χ0) is 9.73. The van der Waals surface area contributed by atoms with Gasteiger partial charge < -0.3 is 9.26 Å². The van der Waals surface area contributed by atoms with E-state index in [4.69, 9.17) is 9.26 Å². The number of rotatable bonds is 7. The third-order valence-corrected chi connectivity index (χ3v) is 8.99. The molecule has 0 aromatic rings. The molecule has 1 aliphatic heterocycles. The lowest BCUT2D eigenvalue weighted by Crippen LogP contribution is -1.97. The first-order valence-corrected chi connectivity index (χ1v) is 9.16. The van der Waals surface area contributed by atoms with Gasteiger partial charge in [-0.1, -0.05) is 36.6 Å². The van der Waals surface area contributed by atoms with E-state index in [9.17, 15) is 4.57 Å². The summed E-state index contributed by atoms with van der Waals surface area (Å²) in [5.41, 5.74) is 0. The van der Waals surface area contributed by atoms with Crippen molar-refractivity contribution >= 4 is 28.5 Å². The van der Waals surface area contributed by atoms with E-state index in [1.165, 1.54) is 22.8 Å². The van der Waals surface area contributed by atoms with Gasteiger partial charge in [-0.2, -0.15) is 0 Å². The van der Waals surface area contributed by atoms with Crippen molar-refractivity contribution in [2.24, 2.45) is 0 Å². The number of hydrogen-bond donors (Lipinski definition) is 0. The van der Waals surface area contributed by atoms with Crippen molar-refractivity contribution in [3.05, 3.63) is 0 Å². The summed E-state index contributed by atoms with van der Waals surface area (Å²) in [6.45, 7) is 5.22. The highest BCUT2D eigenvalue weighted by Crippen LogP contribution is 2.69. The fourth-order valence-electron chi connectivity index (χ4n) is 0.767. The Bertz CT molecular complexity index is 186. The van der Waals surface area contributed by atoms with Crippen molar-refractivity contribution < 1.29 is 13.8 Å². The first-order chi connectivity index (χ1) is 6.20. The topological polar surface area (TPSA) is 38.8 Å². The van der Waals surface area contributed by atoms with Gasteiger partial charge in [0.05, 0.1) is 13.2 Å². The van der Waals surface area contributed by atoms with Crippen LogP contribution in [-0.4, -0.2) is 30.8 Å². The van der Waals surface area contributed by atoms with Crippen molar-refractivity contribution in [2.75, 3.05) is 24.7 Å². The zero-order valence-corrected chi connectivity index (χ0v) is 10.4. The van der Waals surface area contributed by atoms with Crippen LogP contribution in [0.5, 0.6) is 0 Å². The molecule has 6 heteroatoms. The molecule has 78 valence electrons. The van der Waals surface area contributed by atoms with E-state index in [2.05, 4.69) is 0 Å². The Morgan fingerprint density at radius 2 is 2.00 bits per heavy atom. The van der Waals surface area contributed by atoms with Gasteiger partial charge in [-0.05, 0) is 0 Å². The van der Waals surface area contributed by atoms with E-state index in [-0.39, 0.29) is 6.10 Å². The summed E-state index contributed by atoms with van der Waals surface area (Å²) in [6.07, 6.45) is 0.197. The maximum Gasteiger partial charge on any atom is 0.313 e. The predicted octanol–water partition coefficient (Wildman–Crippen LogP) is 3.02. The van der Waals surface area contributed by atoms with E-state index in [1.54, 1.807) is 0 Å². The smallest absolute Gasteiger partial charge is 0.313 e. The Morgan fingerprint density at radius 3 is 2.38 bits per heavy atom. The van der Waals surface area contributed by atoms with Gasteiger partial charge in [0.25, 0.3) is 0 Å². The van der Waals surface area contributed by atoms with Crippen LogP contribution in [0.25, 0.3) is 0 Å². The summed E-state index contributed by atoms with van der Waals surface area (Å²) in [6, 6.07) is 0. The molecule has 1 fully saturated rings. The molecule has 0 aliphatic carbocycles. The normalized spacial score (nSPS) is 21.8. The quantitative estimate of drug-likeness (QED) is 0.507. The third kappa shape index (κ3) is 4.75. The molecule has 0 saturated carbocycles. The fraction of sp³-hybridized carbons (Fsp3) is 1.00. The van der Waals surface area contributed by atoms with Crippen molar-refractivity contribution in [1.29, 1.82) is 0 Å². The van der Waals surface area contributed by atoms with E-state index in [1.807, 2.05) is 13.8 Å². The van der Waals surface area contributed by atoms with Gasteiger partial charge in [0, 0.05) is 11.5 Å². The molecule has 0 aromatic carbocycles. The van der Waals surface area contributed by atoms with Crippen LogP contribution in [0.4, 0.5) is 0 Å². The first kappa shape index (κ1) is 11.9. The minimum absolute atomic E-state index is 0.197. The highest BCUT2D eigenvalue weighted by atomic mass is 33.1. The largest absolute Gasteiger partial charge is 0.371 e. The Hall–Kier alpha value is 0.850. The molecular weight excluding hydrogens is 227 g/mol. The molecule has 1 heterocycles. The Morgan fingerprint density at radius 1 is 1.46 bits per heavy atom. The van der Waals surface area contributed by atoms with Gasteiger partial charge >= 0.3 is 5.77 Å². The van der Waals surface area contributed by atoms with Crippen LogP contribution in [0, 0.1) is 0 Å². The van der Waals surface area contributed by atoms with E-state index < -0.39 is 5.77 Å². The molecule has 1 rings (SSSR count). The van der Waals surface area contributed by atoms with E-state index >= 15 is 0 Å². The molecule has 0 amide bonds. The molecule has 0 bridgehead atoms. The molecule has 0 spiro atoms. The second-order valence-electron chi connectivity index (χ2n) is 2.53. The van der Waals surface area contributed by atoms with Gasteiger partial charge in [-0.25, -0.2) is 0 Å². The molecule has 0 N–H and O–H groups in total. The first-order valence-electron chi connectivity index (χ1n) is 4.35. The van der Waals surface area contributed by atoms with Crippen molar-refractivity contribution in [2.45, 2.75) is 20.0 Å². The highest BCUT2D eigenvalue weighted by Gasteiger charge is 2.29. The van der Waals surface area contributed by atoms with Crippen LogP contribution in [-0.2, 0) is 13.8 Å². The van der Waals surface area contributed by atoms with Crippen LogP contribution in [0.3, 0.4) is 0 Å². The molecule has 0 radical (unpaired) electrons. The highest BCUT2D eigenvalue weighted by molar-refractivity contribution is 8.89. The Balaban J connectivity index is 2.29. The maximum absolute atomic E-state index is 12.0. The molecule has 3 nitrogen and oxygen atoms in total. The summed E-state index contributed by atoms with van der Waals surface area (Å²) in [5.74, 6) is -0.822. The summed E-state index contributed by atoms with van der Waals surface area (Å²) in [4.78, 5) is 0. The van der Waals surface area contributed by atoms with Gasteiger partial charge in [-0.3, -0.25) is 4.57 Å². The molecule has 13 heavy (non-hydrogen) atoms. The zero-order valence-electron chi connectivity index (χ0n) is 7.89. The summed E-state index contributed by atoms with van der Waals surface area (Å²) < 4.78 is 22.4. The molecule has 0 aromatic heterocycles. The molecular formula is C7H15O3PS2. The van der Waals surface area contributed by atoms with Crippen LogP contribution in [0.15, 0.2) is 0 Å². The van der Waals surface area contributed by atoms with Crippen LogP contribution in [0.1, 0.15) is 13.8 Å². The predicted molar refractivity (Wildman–Crippen MR) is 59.6 cm³/mol. The number of ether oxygens (including phenoxy) is 1. The minimum atomic E-state index is -2.48. The van der Waals surface area contributed by atoms with Gasteiger partial charge in [0.2, 0.25) is 0 Å². The standard InChI is InChI=1S/C7H15O3PS2/c1-3-12-11(8,13-4-2)10-6-7-5-9-7/h7H,3-6H2,1-2H3. The molecule has 1 unspecified atom stereocenters. The van der Waals surface area contributed by atoms with Crippen LogP contribution >= 0.6 is 28.5 Å². The Labute approximate surface area is 87.3 Å². The maximum atomic E-state index is 12.0. The molecule has 1 aliphatic rings. The SMILES string of the molecule is CCSP(=O)(OCC1CO1)SCC. The van der Waals surface area contributed by atoms with Gasteiger partial charge in [-0.15, -0.1) is 0 Å². The molecule has 1 atom stereocenters. The van der Waals surface area contributed by atoms with Crippen molar-refractivity contribution in [3.8, 4) is 0 Å². The summed E-state index contributed by atoms with van der Waals surface area (Å²) in [5, 5.41) is 0. The van der Waals surface area contributed by atoms with Crippen LogP contribution in [0.2, 0.25) is 0 Å².